The fourth-order valence-electron chi connectivity index (χ4n) is 7.30. The Bertz CT molecular complexity index is 2150. The molecule has 1 fully saturated rings. The van der Waals surface area contributed by atoms with Gasteiger partial charge >= 0.3 is 6.09 Å². The predicted octanol–water partition coefficient (Wildman–Crippen LogP) is 8.38. The van der Waals surface area contributed by atoms with Gasteiger partial charge in [-0.15, -0.1) is 0 Å². The molecule has 0 saturated carbocycles. The van der Waals surface area contributed by atoms with Crippen LogP contribution < -0.4 is 19.9 Å². The molecule has 7 rings (SSSR count). The molecule has 2 aromatic heterocycles. The van der Waals surface area contributed by atoms with E-state index in [0.717, 1.165) is 90.1 Å². The number of amides is 1. The molecule has 0 aliphatic carbocycles. The third kappa shape index (κ3) is 7.44. The van der Waals surface area contributed by atoms with Gasteiger partial charge in [0.1, 0.15) is 11.6 Å². The van der Waals surface area contributed by atoms with Crippen molar-refractivity contribution in [3.05, 3.63) is 108 Å². The zero-order valence-corrected chi connectivity index (χ0v) is 30.8. The summed E-state index contributed by atoms with van der Waals surface area (Å²) in [5, 5.41) is 5.51. The van der Waals surface area contributed by atoms with Crippen LogP contribution >= 0.6 is 0 Å². The lowest BCUT2D eigenvalue weighted by Crippen LogP contribution is -2.46. The normalized spacial score (nSPS) is 13.6. The lowest BCUT2D eigenvalue weighted by Gasteiger charge is -2.36. The highest BCUT2D eigenvalue weighted by atomic mass is 16.6. The fraction of sp³-hybridized carbons (Fsp3) is 0.310. The van der Waals surface area contributed by atoms with Crippen molar-refractivity contribution in [2.75, 3.05) is 68.5 Å². The van der Waals surface area contributed by atoms with E-state index in [-0.39, 0.29) is 0 Å². The Hall–Kier alpha value is -5.45. The van der Waals surface area contributed by atoms with Gasteiger partial charge in [0.25, 0.3) is 0 Å². The third-order valence-corrected chi connectivity index (χ3v) is 9.92. The minimum atomic E-state index is -0.553. The molecular weight excluding hydrogens is 649 g/mol. The molecule has 0 atom stereocenters. The van der Waals surface area contributed by atoms with Crippen molar-refractivity contribution >= 4 is 56.7 Å². The van der Waals surface area contributed by atoms with E-state index in [4.69, 9.17) is 9.72 Å². The van der Waals surface area contributed by atoms with Crippen LogP contribution in [0.4, 0.5) is 33.6 Å². The van der Waals surface area contributed by atoms with Crippen LogP contribution in [0.15, 0.2) is 97.2 Å². The summed E-state index contributed by atoms with van der Waals surface area (Å²) in [6.07, 6.45) is 2.31. The van der Waals surface area contributed by atoms with Crippen LogP contribution in [0, 0.1) is 13.8 Å². The Balaban J connectivity index is 1.10. The van der Waals surface area contributed by atoms with E-state index >= 15 is 0 Å². The number of hydrogen-bond acceptors (Lipinski definition) is 8. The van der Waals surface area contributed by atoms with Crippen LogP contribution in [0.2, 0.25) is 0 Å². The number of nitrogens with zero attached hydrogens (tertiary/aromatic N) is 7. The Morgan fingerprint density at radius 1 is 0.846 bits per heavy atom. The van der Waals surface area contributed by atoms with E-state index in [1.54, 1.807) is 17.2 Å². The first kappa shape index (κ1) is 35.0. The van der Waals surface area contributed by atoms with Gasteiger partial charge in [-0.2, -0.15) is 4.98 Å². The molecule has 1 aliphatic heterocycles. The highest BCUT2D eigenvalue weighted by Gasteiger charge is 2.26. The number of anilines is 5. The largest absolute Gasteiger partial charge is 0.425 e. The quantitative estimate of drug-likeness (QED) is 0.145. The van der Waals surface area contributed by atoms with Crippen LogP contribution in [0.1, 0.15) is 24.5 Å². The van der Waals surface area contributed by atoms with Crippen LogP contribution in [0.25, 0.3) is 21.8 Å². The molecule has 52 heavy (non-hydrogen) atoms. The van der Waals surface area contributed by atoms with Crippen LogP contribution in [-0.4, -0.2) is 83.8 Å². The first-order valence-electron chi connectivity index (χ1n) is 18.2. The van der Waals surface area contributed by atoms with Gasteiger partial charge in [-0.05, 0) is 114 Å². The number of fused-ring (bicyclic) bond motifs is 3. The first-order chi connectivity index (χ1) is 25.3. The number of ether oxygens (including phenoxy) is 1. The minimum Gasteiger partial charge on any atom is -0.410 e. The monoisotopic (exact) mass is 696 g/mol. The van der Waals surface area contributed by atoms with E-state index in [9.17, 15) is 4.79 Å². The standard InChI is InChI=1S/C42H48N8O2/c1-6-49-37-14-8-7-13-35(37)36-29-34(19-20-38(36)49)52-42(51)50(40-30(2)11-9-12-31(40)3)39-21-22-43-41(45-39)44-32-15-17-33(18-16-32)48-27-25-47(26-28-48)24-10-23-46(4)5/h7-9,11-22,29H,6,10,23-28H2,1-5H3,(H,43,44,45). The number of hydrogen-bond donors (Lipinski definition) is 1. The Morgan fingerprint density at radius 3 is 2.31 bits per heavy atom. The Labute approximate surface area is 306 Å². The number of aromatic nitrogens is 3. The molecule has 1 saturated heterocycles. The second kappa shape index (κ2) is 15.4. The summed E-state index contributed by atoms with van der Waals surface area (Å²) in [5.41, 5.74) is 6.90. The molecule has 268 valence electrons. The molecule has 0 bridgehead atoms. The van der Waals surface area contributed by atoms with Crippen molar-refractivity contribution in [2.45, 2.75) is 33.7 Å². The van der Waals surface area contributed by atoms with E-state index in [1.807, 2.05) is 62.4 Å². The molecule has 1 aliphatic rings. The molecule has 3 heterocycles. The van der Waals surface area contributed by atoms with E-state index in [0.29, 0.717) is 17.5 Å². The third-order valence-electron chi connectivity index (χ3n) is 9.92. The van der Waals surface area contributed by atoms with Gasteiger partial charge in [0.15, 0.2) is 0 Å². The van der Waals surface area contributed by atoms with Gasteiger partial charge < -0.3 is 24.4 Å². The smallest absolute Gasteiger partial charge is 0.410 e. The van der Waals surface area contributed by atoms with Crippen LogP contribution in [-0.2, 0) is 6.54 Å². The average Bonchev–Trinajstić information content (AvgIpc) is 3.46. The molecule has 10 heteroatoms. The van der Waals surface area contributed by atoms with Crippen LogP contribution in [0.3, 0.4) is 0 Å². The molecule has 6 aromatic rings. The highest BCUT2D eigenvalue weighted by molar-refractivity contribution is 6.09. The maximum Gasteiger partial charge on any atom is 0.425 e. The molecule has 1 N–H and O–H groups in total. The topological polar surface area (TPSA) is 82.0 Å². The summed E-state index contributed by atoms with van der Waals surface area (Å²) in [5.74, 6) is 1.25. The van der Waals surface area contributed by atoms with Crippen molar-refractivity contribution < 1.29 is 9.53 Å². The van der Waals surface area contributed by atoms with Gasteiger partial charge in [-0.3, -0.25) is 4.90 Å². The average molecular weight is 697 g/mol. The van der Waals surface area contributed by atoms with Crippen LogP contribution in [0.5, 0.6) is 5.75 Å². The van der Waals surface area contributed by atoms with Crippen molar-refractivity contribution in [2.24, 2.45) is 0 Å². The van der Waals surface area contributed by atoms with Crippen molar-refractivity contribution in [3.63, 3.8) is 0 Å². The second-order valence-electron chi connectivity index (χ2n) is 13.8. The SMILES string of the molecule is CCn1c2ccccc2c2cc(OC(=O)N(c3ccnc(Nc4ccc(N5CCN(CCCN(C)C)CC5)cc4)n3)c3c(C)cccc3C)ccc21. The summed E-state index contributed by atoms with van der Waals surface area (Å²) in [6, 6.07) is 30.2. The zero-order valence-electron chi connectivity index (χ0n) is 30.8. The zero-order chi connectivity index (χ0) is 36.2. The summed E-state index contributed by atoms with van der Waals surface area (Å²) in [4.78, 5) is 32.4. The van der Waals surface area contributed by atoms with E-state index in [2.05, 4.69) is 87.0 Å². The van der Waals surface area contributed by atoms with Crippen molar-refractivity contribution in [1.82, 2.24) is 24.3 Å². The van der Waals surface area contributed by atoms with Crippen molar-refractivity contribution in [3.8, 4) is 5.75 Å². The Kier molecular flexibility index (Phi) is 10.4. The summed E-state index contributed by atoms with van der Waals surface area (Å²) in [7, 11) is 4.26. The summed E-state index contributed by atoms with van der Waals surface area (Å²) in [6.45, 7) is 13.4. The lowest BCUT2D eigenvalue weighted by molar-refractivity contribution is 0.210. The number of benzene rings is 4. The number of para-hydroxylation sites is 2. The Morgan fingerprint density at radius 2 is 1.58 bits per heavy atom. The van der Waals surface area contributed by atoms with Gasteiger partial charge in [-0.25, -0.2) is 14.7 Å². The highest BCUT2D eigenvalue weighted by Crippen LogP contribution is 2.35. The second-order valence-corrected chi connectivity index (χ2v) is 13.8. The summed E-state index contributed by atoms with van der Waals surface area (Å²) < 4.78 is 8.42. The predicted molar refractivity (Wildman–Crippen MR) is 213 cm³/mol. The van der Waals surface area contributed by atoms with E-state index in [1.165, 1.54) is 12.1 Å². The van der Waals surface area contributed by atoms with Gasteiger partial charge in [0, 0.05) is 78.2 Å². The van der Waals surface area contributed by atoms with E-state index < -0.39 is 6.09 Å². The van der Waals surface area contributed by atoms with Gasteiger partial charge in [-0.1, -0.05) is 36.4 Å². The molecule has 0 spiro atoms. The first-order valence-corrected chi connectivity index (χ1v) is 18.2. The summed E-state index contributed by atoms with van der Waals surface area (Å²) >= 11 is 0. The number of nitrogens with one attached hydrogen (secondary N) is 1. The number of carbonyl (C=O) groups is 1. The van der Waals surface area contributed by atoms with Gasteiger partial charge in [0.2, 0.25) is 5.95 Å². The molecule has 0 radical (unpaired) electrons. The fourth-order valence-corrected chi connectivity index (χ4v) is 7.30. The molecule has 1 amide bonds. The number of aryl methyl sites for hydroxylation is 3. The number of carbonyl (C=O) groups excluding carboxylic acids is 1. The lowest BCUT2D eigenvalue weighted by atomic mass is 10.1. The number of rotatable bonds is 11. The van der Waals surface area contributed by atoms with Gasteiger partial charge in [0.05, 0.1) is 5.69 Å². The molecule has 4 aromatic carbocycles. The maximum absolute atomic E-state index is 14.2. The van der Waals surface area contributed by atoms with Crippen molar-refractivity contribution in [1.29, 1.82) is 0 Å². The number of piperazine rings is 1. The minimum absolute atomic E-state index is 0.384. The maximum atomic E-state index is 14.2. The molecule has 10 nitrogen and oxygen atoms in total. The molecular formula is C42H48N8O2. The molecule has 0 unspecified atom stereocenters.